The zero-order valence-corrected chi connectivity index (χ0v) is 13.1. The molecule has 2 amide bonds. The van der Waals surface area contributed by atoms with Crippen LogP contribution >= 0.6 is 0 Å². The van der Waals surface area contributed by atoms with Crippen molar-refractivity contribution in [3.05, 3.63) is 0 Å². The van der Waals surface area contributed by atoms with Gasteiger partial charge in [0.15, 0.2) is 0 Å². The Morgan fingerprint density at radius 2 is 2.05 bits per heavy atom. The number of esters is 1. The molecule has 0 aromatic heterocycles. The van der Waals surface area contributed by atoms with Gasteiger partial charge in [-0.25, -0.2) is 0 Å². The van der Waals surface area contributed by atoms with Crippen molar-refractivity contribution < 1.29 is 19.1 Å². The van der Waals surface area contributed by atoms with Gasteiger partial charge in [-0.1, -0.05) is 13.3 Å². The number of amides is 2. The Labute approximate surface area is 130 Å². The van der Waals surface area contributed by atoms with Gasteiger partial charge in [-0.05, 0) is 25.7 Å². The molecule has 1 fully saturated rings. The van der Waals surface area contributed by atoms with Crippen LogP contribution in [0.4, 0.5) is 0 Å². The number of carbonyl (C=O) groups is 3. The Balaban J connectivity index is 2.17. The largest absolute Gasteiger partial charge is 0.469 e. The van der Waals surface area contributed by atoms with Crippen molar-refractivity contribution in [3.63, 3.8) is 0 Å². The summed E-state index contributed by atoms with van der Waals surface area (Å²) in [5.74, 6) is -3.06. The number of hydrogen-bond acceptors (Lipinski definition) is 5. The molecule has 1 N–H and O–H groups in total. The van der Waals surface area contributed by atoms with Gasteiger partial charge >= 0.3 is 5.97 Å². The monoisotopic (exact) mass is 309 g/mol. The number of hydrogen-bond donors (Lipinski definition) is 1. The number of guanidine groups is 1. The SMILES string of the molecule is CCCC(C(=O)OC)C1C(=O)N=C(N2CCCCC2)NC1=O. The van der Waals surface area contributed by atoms with E-state index in [1.807, 2.05) is 11.8 Å². The van der Waals surface area contributed by atoms with Gasteiger partial charge in [-0.2, -0.15) is 4.99 Å². The average molecular weight is 309 g/mol. The van der Waals surface area contributed by atoms with Crippen molar-refractivity contribution in [3.8, 4) is 0 Å². The lowest BCUT2D eigenvalue weighted by Gasteiger charge is -2.33. The Morgan fingerprint density at radius 3 is 2.59 bits per heavy atom. The Hall–Kier alpha value is -1.92. The van der Waals surface area contributed by atoms with Crippen LogP contribution in [0.1, 0.15) is 39.0 Å². The zero-order chi connectivity index (χ0) is 16.1. The molecule has 0 bridgehead atoms. The minimum Gasteiger partial charge on any atom is -0.469 e. The summed E-state index contributed by atoms with van der Waals surface area (Å²) < 4.78 is 4.73. The minimum atomic E-state index is -1.08. The van der Waals surface area contributed by atoms with E-state index in [0.29, 0.717) is 18.8 Å². The number of ether oxygens (including phenoxy) is 1. The van der Waals surface area contributed by atoms with Gasteiger partial charge < -0.3 is 9.64 Å². The number of likely N-dealkylation sites (tertiary alicyclic amines) is 1. The van der Waals surface area contributed by atoms with Gasteiger partial charge in [-0.3, -0.25) is 19.7 Å². The Kier molecular flexibility index (Phi) is 5.51. The molecule has 22 heavy (non-hydrogen) atoms. The van der Waals surface area contributed by atoms with Crippen LogP contribution < -0.4 is 5.32 Å². The molecule has 0 radical (unpaired) electrons. The molecule has 0 aromatic rings. The van der Waals surface area contributed by atoms with E-state index < -0.39 is 29.6 Å². The fourth-order valence-corrected chi connectivity index (χ4v) is 3.00. The average Bonchev–Trinajstić information content (AvgIpc) is 2.53. The molecule has 2 heterocycles. The van der Waals surface area contributed by atoms with E-state index in [9.17, 15) is 14.4 Å². The van der Waals surface area contributed by atoms with Crippen LogP contribution in [0.2, 0.25) is 0 Å². The standard InChI is InChI=1S/C15H23N3O4/c1-3-7-10(14(21)22-2)11-12(19)16-15(17-13(11)20)18-8-5-4-6-9-18/h10-11H,3-9H2,1-2H3,(H,16,17,19,20). The Bertz CT molecular complexity index is 483. The van der Waals surface area contributed by atoms with Gasteiger partial charge in [-0.15, -0.1) is 0 Å². The number of piperidine rings is 1. The topological polar surface area (TPSA) is 88.1 Å². The number of nitrogens with zero attached hydrogens (tertiary/aromatic N) is 2. The van der Waals surface area contributed by atoms with E-state index >= 15 is 0 Å². The molecule has 0 aromatic carbocycles. The van der Waals surface area contributed by atoms with Crippen LogP contribution in [0.5, 0.6) is 0 Å². The van der Waals surface area contributed by atoms with Crippen LogP contribution in [0.25, 0.3) is 0 Å². The van der Waals surface area contributed by atoms with Crippen molar-refractivity contribution in [1.29, 1.82) is 0 Å². The van der Waals surface area contributed by atoms with Gasteiger partial charge in [0.1, 0.15) is 5.92 Å². The second kappa shape index (κ2) is 7.38. The van der Waals surface area contributed by atoms with Crippen molar-refractivity contribution in [2.75, 3.05) is 20.2 Å². The molecule has 2 atom stereocenters. The van der Waals surface area contributed by atoms with Gasteiger partial charge in [0.25, 0.3) is 5.91 Å². The first kappa shape index (κ1) is 16.5. The lowest BCUT2D eigenvalue weighted by Crippen LogP contribution is -2.55. The Morgan fingerprint density at radius 1 is 1.36 bits per heavy atom. The number of carbonyl (C=O) groups excluding carboxylic acids is 3. The predicted octanol–water partition coefficient (Wildman–Crippen LogP) is 0.690. The maximum atomic E-state index is 12.3. The van der Waals surface area contributed by atoms with E-state index in [1.165, 1.54) is 7.11 Å². The summed E-state index contributed by atoms with van der Waals surface area (Å²) in [6.45, 7) is 3.46. The number of aliphatic imine (C=N–C) groups is 1. The zero-order valence-electron chi connectivity index (χ0n) is 13.1. The van der Waals surface area contributed by atoms with Crippen molar-refractivity contribution in [1.82, 2.24) is 10.2 Å². The third-order valence-corrected chi connectivity index (χ3v) is 4.16. The first-order valence-corrected chi connectivity index (χ1v) is 7.84. The highest BCUT2D eigenvalue weighted by Gasteiger charge is 2.43. The molecular formula is C15H23N3O4. The number of nitrogens with one attached hydrogen (secondary N) is 1. The summed E-state index contributed by atoms with van der Waals surface area (Å²) in [5.41, 5.74) is 0. The predicted molar refractivity (Wildman–Crippen MR) is 79.9 cm³/mol. The van der Waals surface area contributed by atoms with E-state index in [1.54, 1.807) is 0 Å². The third kappa shape index (κ3) is 3.45. The molecule has 122 valence electrons. The second-order valence-corrected chi connectivity index (χ2v) is 5.71. The summed E-state index contributed by atoms with van der Waals surface area (Å²) in [7, 11) is 1.26. The van der Waals surface area contributed by atoms with E-state index in [4.69, 9.17) is 4.74 Å². The lowest BCUT2D eigenvalue weighted by atomic mass is 9.86. The van der Waals surface area contributed by atoms with Crippen molar-refractivity contribution >= 4 is 23.7 Å². The quantitative estimate of drug-likeness (QED) is 0.610. The highest BCUT2D eigenvalue weighted by molar-refractivity contribution is 6.16. The van der Waals surface area contributed by atoms with E-state index in [-0.39, 0.29) is 0 Å². The molecule has 2 aliphatic heterocycles. The molecule has 0 spiro atoms. The molecule has 2 unspecified atom stereocenters. The highest BCUT2D eigenvalue weighted by atomic mass is 16.5. The molecule has 0 saturated carbocycles. The summed E-state index contributed by atoms with van der Waals surface area (Å²) >= 11 is 0. The molecule has 7 nitrogen and oxygen atoms in total. The highest BCUT2D eigenvalue weighted by Crippen LogP contribution is 2.24. The second-order valence-electron chi connectivity index (χ2n) is 5.71. The summed E-state index contributed by atoms with van der Waals surface area (Å²) in [4.78, 5) is 42.5. The van der Waals surface area contributed by atoms with Crippen LogP contribution in [0.15, 0.2) is 4.99 Å². The van der Waals surface area contributed by atoms with Gasteiger partial charge in [0.05, 0.1) is 13.0 Å². The number of methoxy groups -OCH3 is 1. The van der Waals surface area contributed by atoms with Crippen LogP contribution in [0, 0.1) is 11.8 Å². The van der Waals surface area contributed by atoms with E-state index in [0.717, 1.165) is 32.4 Å². The smallest absolute Gasteiger partial charge is 0.310 e. The van der Waals surface area contributed by atoms with Gasteiger partial charge in [0, 0.05) is 13.1 Å². The van der Waals surface area contributed by atoms with Crippen LogP contribution in [-0.2, 0) is 19.1 Å². The van der Waals surface area contributed by atoms with Crippen molar-refractivity contribution in [2.45, 2.75) is 39.0 Å². The minimum absolute atomic E-state index is 0.325. The van der Waals surface area contributed by atoms with Crippen LogP contribution in [0.3, 0.4) is 0 Å². The fourth-order valence-electron chi connectivity index (χ4n) is 3.00. The van der Waals surface area contributed by atoms with E-state index in [2.05, 4.69) is 10.3 Å². The summed E-state index contributed by atoms with van der Waals surface area (Å²) in [6, 6.07) is 0. The molecule has 2 aliphatic rings. The normalized spacial score (nSPS) is 23.6. The first-order chi connectivity index (χ1) is 10.6. The fraction of sp³-hybridized carbons (Fsp3) is 0.733. The maximum absolute atomic E-state index is 12.3. The molecule has 7 heteroatoms. The lowest BCUT2D eigenvalue weighted by molar-refractivity contribution is -0.154. The van der Waals surface area contributed by atoms with Crippen molar-refractivity contribution in [2.24, 2.45) is 16.8 Å². The summed E-state index contributed by atoms with van der Waals surface area (Å²) in [6.07, 6.45) is 4.29. The first-order valence-electron chi connectivity index (χ1n) is 7.84. The molecule has 1 saturated heterocycles. The number of rotatable bonds is 4. The van der Waals surface area contributed by atoms with Gasteiger partial charge in [0.2, 0.25) is 11.9 Å². The molecule has 0 aliphatic carbocycles. The third-order valence-electron chi connectivity index (χ3n) is 4.16. The molecular weight excluding hydrogens is 286 g/mol. The summed E-state index contributed by atoms with van der Waals surface area (Å²) in [5, 5.41) is 2.69. The molecule has 2 rings (SSSR count). The van der Waals surface area contributed by atoms with Crippen LogP contribution in [-0.4, -0.2) is 48.8 Å². The maximum Gasteiger partial charge on any atom is 0.310 e.